The summed E-state index contributed by atoms with van der Waals surface area (Å²) in [6.45, 7) is -2.31. The van der Waals surface area contributed by atoms with E-state index in [0.29, 0.717) is 11.5 Å². The average molecular weight is 360 g/mol. The lowest BCUT2D eigenvalue weighted by Gasteiger charge is -2.11. The van der Waals surface area contributed by atoms with Crippen LogP contribution < -0.4 is 9.47 Å². The number of hydrogen-bond donors (Lipinski definition) is 0. The van der Waals surface area contributed by atoms with E-state index < -0.39 is 18.2 Å². The molecule has 0 amide bonds. The second kappa shape index (κ2) is 8.66. The summed E-state index contributed by atoms with van der Waals surface area (Å²) in [6.07, 6.45) is 5.05. The van der Waals surface area contributed by atoms with E-state index in [1.165, 1.54) is 31.7 Å². The minimum absolute atomic E-state index is 0.380. The van der Waals surface area contributed by atoms with Crippen LogP contribution in [0.4, 0.5) is 13.2 Å². The molecule has 0 saturated heterocycles. The average Bonchev–Trinajstić information content (AvgIpc) is 3.14. The van der Waals surface area contributed by atoms with E-state index in [9.17, 15) is 13.2 Å². The minimum Gasteiger partial charge on any atom is -0.493 e. The quantitative estimate of drug-likeness (QED) is 0.665. The predicted molar refractivity (Wildman–Crippen MR) is 92.9 cm³/mol. The summed E-state index contributed by atoms with van der Waals surface area (Å²) in [5.41, 5.74) is 1.14. The molecule has 136 valence electrons. The molecule has 2 nitrogen and oxygen atoms in total. The third-order valence-corrected chi connectivity index (χ3v) is 4.31. The lowest BCUT2D eigenvalue weighted by molar-refractivity contribution is -0.0521. The lowest BCUT2D eigenvalue weighted by Crippen LogP contribution is -2.07. The molecule has 0 aromatic heterocycles. The van der Waals surface area contributed by atoms with Crippen LogP contribution in [0.1, 0.15) is 36.8 Å². The Hall–Kier alpha value is -2.61. The number of halogens is 3. The highest BCUT2D eigenvalue weighted by Gasteiger charge is 2.15. The Morgan fingerprint density at radius 1 is 0.962 bits per heavy atom. The molecule has 1 saturated carbocycles. The van der Waals surface area contributed by atoms with Crippen molar-refractivity contribution in [1.29, 1.82) is 0 Å². The van der Waals surface area contributed by atoms with Gasteiger partial charge in [0.1, 0.15) is 5.75 Å². The van der Waals surface area contributed by atoms with Gasteiger partial charge in [0, 0.05) is 11.1 Å². The zero-order valence-electron chi connectivity index (χ0n) is 14.2. The Balaban J connectivity index is 1.59. The molecule has 0 bridgehead atoms. The van der Waals surface area contributed by atoms with Crippen LogP contribution in [0.2, 0.25) is 0 Å². The normalized spacial score (nSPS) is 14.2. The van der Waals surface area contributed by atoms with Crippen molar-refractivity contribution < 1.29 is 22.6 Å². The molecule has 1 fully saturated rings. The molecule has 0 unspecified atom stereocenters. The van der Waals surface area contributed by atoms with Gasteiger partial charge in [-0.15, -0.1) is 0 Å². The van der Waals surface area contributed by atoms with Crippen LogP contribution in [-0.4, -0.2) is 13.2 Å². The third-order valence-electron chi connectivity index (χ3n) is 4.31. The van der Waals surface area contributed by atoms with Gasteiger partial charge in [0.25, 0.3) is 0 Å². The standard InChI is InChI=1S/C21H19F3O2/c22-19-13-16(9-12-20(19)26-21(23)24)6-5-15-7-10-18(11-8-15)25-14-17-3-1-2-4-17/h7-13,17,21H,1-4,14H2. The molecule has 2 aromatic rings. The summed E-state index contributed by atoms with van der Waals surface area (Å²) in [6, 6.07) is 11.0. The Kier molecular flexibility index (Phi) is 6.06. The summed E-state index contributed by atoms with van der Waals surface area (Å²) in [5.74, 6) is 5.82. The first-order valence-corrected chi connectivity index (χ1v) is 8.59. The topological polar surface area (TPSA) is 18.5 Å². The molecule has 0 N–H and O–H groups in total. The van der Waals surface area contributed by atoms with Crippen LogP contribution >= 0.6 is 0 Å². The minimum atomic E-state index is -3.06. The largest absolute Gasteiger partial charge is 0.493 e. The SMILES string of the molecule is Fc1cc(C#Cc2ccc(OCC3CCCC3)cc2)ccc1OC(F)F. The van der Waals surface area contributed by atoms with Crippen LogP contribution in [0.15, 0.2) is 42.5 Å². The van der Waals surface area contributed by atoms with Gasteiger partial charge in [0.05, 0.1) is 6.61 Å². The lowest BCUT2D eigenvalue weighted by atomic mass is 10.1. The maximum absolute atomic E-state index is 13.7. The van der Waals surface area contributed by atoms with E-state index in [1.807, 2.05) is 24.3 Å². The van der Waals surface area contributed by atoms with Crippen LogP contribution in [0.3, 0.4) is 0 Å². The molecule has 1 aliphatic rings. The number of benzene rings is 2. The zero-order chi connectivity index (χ0) is 18.4. The molecule has 26 heavy (non-hydrogen) atoms. The molecule has 0 aliphatic heterocycles. The summed E-state index contributed by atoms with van der Waals surface area (Å²) in [5, 5.41) is 0. The van der Waals surface area contributed by atoms with Crippen LogP contribution in [-0.2, 0) is 0 Å². The van der Waals surface area contributed by atoms with Gasteiger partial charge in [-0.05, 0) is 61.2 Å². The first-order valence-electron chi connectivity index (χ1n) is 8.59. The molecule has 2 aromatic carbocycles. The van der Waals surface area contributed by atoms with Gasteiger partial charge in [-0.2, -0.15) is 8.78 Å². The first kappa shape index (κ1) is 18.2. The molecular formula is C21H19F3O2. The molecule has 3 rings (SSSR count). The Bertz CT molecular complexity index is 785. The fraction of sp³-hybridized carbons (Fsp3) is 0.333. The Morgan fingerprint density at radius 3 is 2.27 bits per heavy atom. The highest BCUT2D eigenvalue weighted by atomic mass is 19.3. The van der Waals surface area contributed by atoms with Crippen molar-refractivity contribution in [2.75, 3.05) is 6.61 Å². The van der Waals surface area contributed by atoms with Crippen LogP contribution in [0, 0.1) is 23.6 Å². The summed E-state index contributed by atoms with van der Waals surface area (Å²) < 4.78 is 47.8. The summed E-state index contributed by atoms with van der Waals surface area (Å²) in [4.78, 5) is 0. The van der Waals surface area contributed by atoms with Crippen molar-refractivity contribution in [2.24, 2.45) is 5.92 Å². The highest BCUT2D eigenvalue weighted by Crippen LogP contribution is 2.25. The molecule has 1 aliphatic carbocycles. The molecule has 0 heterocycles. The second-order valence-electron chi connectivity index (χ2n) is 6.26. The van der Waals surface area contributed by atoms with Crippen molar-refractivity contribution >= 4 is 0 Å². The smallest absolute Gasteiger partial charge is 0.387 e. The molecular weight excluding hydrogens is 341 g/mol. The van der Waals surface area contributed by atoms with E-state index in [2.05, 4.69) is 16.6 Å². The Morgan fingerprint density at radius 2 is 1.62 bits per heavy atom. The zero-order valence-corrected chi connectivity index (χ0v) is 14.2. The van der Waals surface area contributed by atoms with Gasteiger partial charge in [-0.3, -0.25) is 0 Å². The van der Waals surface area contributed by atoms with Crippen molar-refractivity contribution in [1.82, 2.24) is 0 Å². The molecule has 5 heteroatoms. The van der Waals surface area contributed by atoms with Crippen molar-refractivity contribution in [3.05, 3.63) is 59.4 Å². The fourth-order valence-corrected chi connectivity index (χ4v) is 2.94. The van der Waals surface area contributed by atoms with Gasteiger partial charge in [-0.1, -0.05) is 24.7 Å². The number of hydrogen-bond acceptors (Lipinski definition) is 2. The monoisotopic (exact) mass is 360 g/mol. The van der Waals surface area contributed by atoms with E-state index in [4.69, 9.17) is 4.74 Å². The van der Waals surface area contributed by atoms with E-state index >= 15 is 0 Å². The molecule has 0 radical (unpaired) electrons. The van der Waals surface area contributed by atoms with Crippen LogP contribution in [0.5, 0.6) is 11.5 Å². The maximum Gasteiger partial charge on any atom is 0.387 e. The van der Waals surface area contributed by atoms with E-state index in [0.717, 1.165) is 30.1 Å². The van der Waals surface area contributed by atoms with Gasteiger partial charge < -0.3 is 9.47 Å². The summed E-state index contributed by atoms with van der Waals surface area (Å²) in [7, 11) is 0. The van der Waals surface area contributed by atoms with Gasteiger partial charge in [0.15, 0.2) is 11.6 Å². The van der Waals surface area contributed by atoms with Crippen LogP contribution in [0.25, 0.3) is 0 Å². The number of alkyl halides is 2. The fourth-order valence-electron chi connectivity index (χ4n) is 2.94. The van der Waals surface area contributed by atoms with E-state index in [1.54, 1.807) is 0 Å². The predicted octanol–water partition coefficient (Wildman–Crippen LogP) is 5.40. The highest BCUT2D eigenvalue weighted by molar-refractivity contribution is 5.45. The second-order valence-corrected chi connectivity index (χ2v) is 6.26. The van der Waals surface area contributed by atoms with Crippen molar-refractivity contribution in [3.63, 3.8) is 0 Å². The van der Waals surface area contributed by atoms with E-state index in [-0.39, 0.29) is 0 Å². The Labute approximate surface area is 150 Å². The van der Waals surface area contributed by atoms with Gasteiger partial charge in [0.2, 0.25) is 0 Å². The maximum atomic E-state index is 13.7. The third kappa shape index (κ3) is 5.19. The van der Waals surface area contributed by atoms with Gasteiger partial charge in [-0.25, -0.2) is 4.39 Å². The molecule has 0 atom stereocenters. The van der Waals surface area contributed by atoms with Crippen molar-refractivity contribution in [2.45, 2.75) is 32.3 Å². The number of rotatable bonds is 5. The van der Waals surface area contributed by atoms with Crippen molar-refractivity contribution in [3.8, 4) is 23.3 Å². The molecule has 0 spiro atoms. The number of ether oxygens (including phenoxy) is 2. The first-order chi connectivity index (χ1) is 12.6. The summed E-state index contributed by atoms with van der Waals surface area (Å²) >= 11 is 0. The van der Waals surface area contributed by atoms with Gasteiger partial charge >= 0.3 is 6.61 Å².